The SMILES string of the molecule is CCC(CC)(CC(=O)O)NC(=O)Cc1nc(-c2ccco2)oc1C. The molecule has 0 fully saturated rings. The molecular weight excluding hydrogens is 312 g/mol. The largest absolute Gasteiger partial charge is 0.481 e. The number of hydrogen-bond acceptors (Lipinski definition) is 5. The number of amides is 1. The first-order valence-corrected chi connectivity index (χ1v) is 7.92. The van der Waals surface area contributed by atoms with Crippen molar-refractivity contribution >= 4 is 11.9 Å². The van der Waals surface area contributed by atoms with Crippen LogP contribution in [-0.4, -0.2) is 27.5 Å². The van der Waals surface area contributed by atoms with Gasteiger partial charge in [-0.05, 0) is 31.9 Å². The molecule has 2 rings (SSSR count). The second-order valence-electron chi connectivity index (χ2n) is 5.78. The molecule has 0 radical (unpaired) electrons. The summed E-state index contributed by atoms with van der Waals surface area (Å²) in [6.45, 7) is 5.46. The molecule has 0 atom stereocenters. The molecule has 1 amide bonds. The Labute approximate surface area is 140 Å². The fourth-order valence-electron chi connectivity index (χ4n) is 2.60. The van der Waals surface area contributed by atoms with Gasteiger partial charge >= 0.3 is 5.97 Å². The lowest BCUT2D eigenvalue weighted by atomic mass is 9.88. The smallest absolute Gasteiger partial charge is 0.305 e. The second-order valence-corrected chi connectivity index (χ2v) is 5.78. The topological polar surface area (TPSA) is 106 Å². The minimum atomic E-state index is -0.934. The highest BCUT2D eigenvalue weighted by Crippen LogP contribution is 2.23. The first-order valence-electron chi connectivity index (χ1n) is 7.92. The number of carboxylic acids is 1. The summed E-state index contributed by atoms with van der Waals surface area (Å²) in [6, 6.07) is 3.45. The zero-order valence-corrected chi connectivity index (χ0v) is 14.1. The molecule has 130 valence electrons. The van der Waals surface area contributed by atoms with Crippen molar-refractivity contribution in [2.75, 3.05) is 0 Å². The number of aryl methyl sites for hydroxylation is 1. The van der Waals surface area contributed by atoms with Gasteiger partial charge in [-0.25, -0.2) is 4.98 Å². The summed E-state index contributed by atoms with van der Waals surface area (Å²) in [5, 5.41) is 11.9. The van der Waals surface area contributed by atoms with E-state index in [1.54, 1.807) is 19.1 Å². The lowest BCUT2D eigenvalue weighted by Crippen LogP contribution is -2.49. The third kappa shape index (κ3) is 4.04. The van der Waals surface area contributed by atoms with Gasteiger partial charge in [0.2, 0.25) is 5.91 Å². The van der Waals surface area contributed by atoms with Crippen LogP contribution in [0.3, 0.4) is 0 Å². The Morgan fingerprint density at radius 2 is 2.04 bits per heavy atom. The summed E-state index contributed by atoms with van der Waals surface area (Å²) in [7, 11) is 0. The van der Waals surface area contributed by atoms with Crippen LogP contribution in [0.5, 0.6) is 0 Å². The Bertz CT molecular complexity index is 699. The Hall–Kier alpha value is -2.57. The number of furan rings is 1. The minimum absolute atomic E-state index is 0.0252. The van der Waals surface area contributed by atoms with Gasteiger partial charge in [-0.3, -0.25) is 9.59 Å². The molecule has 2 aromatic rings. The lowest BCUT2D eigenvalue weighted by Gasteiger charge is -2.31. The fraction of sp³-hybridized carbons (Fsp3) is 0.471. The second kappa shape index (κ2) is 7.33. The molecule has 0 bridgehead atoms. The van der Waals surface area contributed by atoms with Crippen LogP contribution in [0.2, 0.25) is 0 Å². The van der Waals surface area contributed by atoms with Crippen LogP contribution in [0, 0.1) is 6.92 Å². The monoisotopic (exact) mass is 334 g/mol. The molecule has 0 aliphatic rings. The highest BCUT2D eigenvalue weighted by Gasteiger charge is 2.31. The number of carbonyl (C=O) groups is 2. The van der Waals surface area contributed by atoms with Crippen LogP contribution in [0.4, 0.5) is 0 Å². The molecule has 0 saturated carbocycles. The third-order valence-corrected chi connectivity index (χ3v) is 4.20. The van der Waals surface area contributed by atoms with E-state index >= 15 is 0 Å². The molecule has 0 aliphatic carbocycles. The molecular formula is C17H22N2O5. The van der Waals surface area contributed by atoms with E-state index in [1.807, 2.05) is 13.8 Å². The highest BCUT2D eigenvalue weighted by molar-refractivity contribution is 5.80. The van der Waals surface area contributed by atoms with Crippen LogP contribution < -0.4 is 5.32 Å². The van der Waals surface area contributed by atoms with Gasteiger partial charge in [-0.1, -0.05) is 13.8 Å². The van der Waals surface area contributed by atoms with Crippen molar-refractivity contribution < 1.29 is 23.5 Å². The predicted molar refractivity (Wildman–Crippen MR) is 86.4 cm³/mol. The maximum Gasteiger partial charge on any atom is 0.305 e. The van der Waals surface area contributed by atoms with Crippen molar-refractivity contribution in [3.63, 3.8) is 0 Å². The lowest BCUT2D eigenvalue weighted by molar-refractivity contribution is -0.139. The van der Waals surface area contributed by atoms with E-state index in [1.165, 1.54) is 6.26 Å². The minimum Gasteiger partial charge on any atom is -0.481 e. The van der Waals surface area contributed by atoms with Gasteiger partial charge in [0.05, 0.1) is 24.8 Å². The quantitative estimate of drug-likeness (QED) is 0.769. The van der Waals surface area contributed by atoms with Gasteiger partial charge in [0, 0.05) is 5.54 Å². The van der Waals surface area contributed by atoms with Gasteiger partial charge in [0.15, 0.2) is 5.76 Å². The van der Waals surface area contributed by atoms with E-state index in [4.69, 9.17) is 13.9 Å². The number of nitrogens with one attached hydrogen (secondary N) is 1. The highest BCUT2D eigenvalue weighted by atomic mass is 16.4. The summed E-state index contributed by atoms with van der Waals surface area (Å²) < 4.78 is 10.8. The van der Waals surface area contributed by atoms with Crippen LogP contribution >= 0.6 is 0 Å². The predicted octanol–water partition coefficient (Wildman–Crippen LogP) is 2.94. The number of oxazole rings is 1. The van der Waals surface area contributed by atoms with Gasteiger partial charge < -0.3 is 19.3 Å². The Morgan fingerprint density at radius 1 is 1.33 bits per heavy atom. The van der Waals surface area contributed by atoms with E-state index in [2.05, 4.69) is 10.3 Å². The van der Waals surface area contributed by atoms with Crippen LogP contribution in [0.15, 0.2) is 27.2 Å². The summed E-state index contributed by atoms with van der Waals surface area (Å²) in [5.74, 6) is 0.141. The molecule has 0 aliphatic heterocycles. The molecule has 24 heavy (non-hydrogen) atoms. The van der Waals surface area contributed by atoms with Crippen molar-refractivity contribution in [2.45, 2.75) is 52.0 Å². The van der Waals surface area contributed by atoms with Gasteiger partial charge in [-0.2, -0.15) is 0 Å². The number of rotatable bonds is 8. The van der Waals surface area contributed by atoms with E-state index < -0.39 is 11.5 Å². The van der Waals surface area contributed by atoms with Crippen molar-refractivity contribution in [3.8, 4) is 11.7 Å². The maximum absolute atomic E-state index is 12.4. The number of aliphatic carboxylic acids is 1. The summed E-state index contributed by atoms with van der Waals surface area (Å²) in [6.07, 6.45) is 2.51. The third-order valence-electron chi connectivity index (χ3n) is 4.20. The number of carboxylic acid groups (broad SMARTS) is 1. The maximum atomic E-state index is 12.4. The van der Waals surface area contributed by atoms with Crippen LogP contribution in [0.25, 0.3) is 11.7 Å². The summed E-state index contributed by atoms with van der Waals surface area (Å²) >= 11 is 0. The number of nitrogens with zero attached hydrogens (tertiary/aromatic N) is 1. The summed E-state index contributed by atoms with van der Waals surface area (Å²) in [5.41, 5.74) is -0.236. The van der Waals surface area contributed by atoms with Gasteiger partial charge in [-0.15, -0.1) is 0 Å². The summed E-state index contributed by atoms with van der Waals surface area (Å²) in [4.78, 5) is 27.7. The number of aromatic nitrogens is 1. The normalized spacial score (nSPS) is 11.5. The van der Waals surface area contributed by atoms with Crippen molar-refractivity contribution in [3.05, 3.63) is 29.9 Å². The molecule has 0 spiro atoms. The molecule has 2 aromatic heterocycles. The van der Waals surface area contributed by atoms with Crippen molar-refractivity contribution in [1.82, 2.24) is 10.3 Å². The standard InChI is InChI=1S/C17H22N2O5/c1-4-17(5-2,10-15(21)22)19-14(20)9-12-11(3)24-16(18-12)13-7-6-8-23-13/h6-8H,4-5,9-10H2,1-3H3,(H,19,20)(H,21,22). The Kier molecular flexibility index (Phi) is 5.43. The van der Waals surface area contributed by atoms with Gasteiger partial charge in [0.25, 0.3) is 5.89 Å². The first-order chi connectivity index (χ1) is 11.4. The van der Waals surface area contributed by atoms with Crippen molar-refractivity contribution in [1.29, 1.82) is 0 Å². The average Bonchev–Trinajstić information content (AvgIpc) is 3.16. The van der Waals surface area contributed by atoms with E-state index in [9.17, 15) is 9.59 Å². The van der Waals surface area contributed by atoms with E-state index in [0.717, 1.165) is 0 Å². The number of hydrogen-bond donors (Lipinski definition) is 2. The Morgan fingerprint density at radius 3 is 2.58 bits per heavy atom. The van der Waals surface area contributed by atoms with Crippen LogP contribution in [0.1, 0.15) is 44.6 Å². The zero-order chi connectivity index (χ0) is 17.7. The molecule has 0 aromatic carbocycles. The van der Waals surface area contributed by atoms with E-state index in [-0.39, 0.29) is 18.7 Å². The molecule has 2 heterocycles. The van der Waals surface area contributed by atoms with E-state index in [0.29, 0.717) is 35.9 Å². The zero-order valence-electron chi connectivity index (χ0n) is 14.1. The molecule has 7 nitrogen and oxygen atoms in total. The molecule has 7 heteroatoms. The van der Waals surface area contributed by atoms with Crippen LogP contribution in [-0.2, 0) is 16.0 Å². The Balaban J connectivity index is 2.10. The first kappa shape index (κ1) is 17.8. The number of carbonyl (C=O) groups excluding carboxylic acids is 1. The molecule has 0 unspecified atom stereocenters. The molecule has 2 N–H and O–H groups in total. The fourth-order valence-corrected chi connectivity index (χ4v) is 2.60. The van der Waals surface area contributed by atoms with Crippen molar-refractivity contribution in [2.24, 2.45) is 0 Å². The molecule has 0 saturated heterocycles. The van der Waals surface area contributed by atoms with Gasteiger partial charge in [0.1, 0.15) is 5.76 Å². The average molecular weight is 334 g/mol.